The van der Waals surface area contributed by atoms with E-state index in [1.165, 1.54) is 7.11 Å². The molecule has 3 nitrogen and oxygen atoms in total. The molecular weight excluding hydrogens is 199 g/mol. The zero-order valence-corrected chi connectivity index (χ0v) is 8.14. The van der Waals surface area contributed by atoms with Crippen molar-refractivity contribution in [3.05, 3.63) is 0 Å². The van der Waals surface area contributed by atoms with Crippen LogP contribution in [0.4, 0.5) is 13.2 Å². The van der Waals surface area contributed by atoms with Gasteiger partial charge in [0.15, 0.2) is 6.10 Å². The third-order valence-electron chi connectivity index (χ3n) is 1.61. The highest BCUT2D eigenvalue weighted by Crippen LogP contribution is 2.24. The summed E-state index contributed by atoms with van der Waals surface area (Å²) in [7, 11) is 1.49. The Morgan fingerprint density at radius 3 is 2.36 bits per heavy atom. The van der Waals surface area contributed by atoms with E-state index in [4.69, 9.17) is 5.73 Å². The average molecular weight is 215 g/mol. The molecule has 0 saturated heterocycles. The van der Waals surface area contributed by atoms with Crippen molar-refractivity contribution in [2.24, 2.45) is 5.73 Å². The minimum atomic E-state index is -4.33. The molecule has 0 aromatic carbocycles. The molecule has 0 spiro atoms. The van der Waals surface area contributed by atoms with Crippen molar-refractivity contribution in [3.63, 3.8) is 0 Å². The van der Waals surface area contributed by atoms with Gasteiger partial charge in [-0.3, -0.25) is 0 Å². The van der Waals surface area contributed by atoms with Gasteiger partial charge < -0.3 is 15.2 Å². The summed E-state index contributed by atoms with van der Waals surface area (Å²) in [6.07, 6.45) is -5.82. The number of ether oxygens (including phenoxy) is 2. The van der Waals surface area contributed by atoms with Gasteiger partial charge in [0.2, 0.25) is 0 Å². The number of methoxy groups -OCH3 is 1. The van der Waals surface area contributed by atoms with E-state index >= 15 is 0 Å². The molecule has 1 unspecified atom stereocenters. The van der Waals surface area contributed by atoms with Crippen molar-refractivity contribution in [3.8, 4) is 0 Å². The molecule has 0 amide bonds. The molecule has 1 atom stereocenters. The van der Waals surface area contributed by atoms with E-state index < -0.39 is 12.3 Å². The summed E-state index contributed by atoms with van der Waals surface area (Å²) in [5, 5.41) is 0. The lowest BCUT2D eigenvalue weighted by molar-refractivity contribution is -0.222. The summed E-state index contributed by atoms with van der Waals surface area (Å²) in [4.78, 5) is 0. The fraction of sp³-hybridized carbons (Fsp3) is 1.00. The van der Waals surface area contributed by atoms with Gasteiger partial charge in [0.25, 0.3) is 0 Å². The number of rotatable bonds is 7. The van der Waals surface area contributed by atoms with Gasteiger partial charge in [0, 0.05) is 20.3 Å². The molecule has 0 heterocycles. The van der Waals surface area contributed by atoms with Crippen LogP contribution in [0.15, 0.2) is 0 Å². The molecule has 6 heteroatoms. The van der Waals surface area contributed by atoms with E-state index in [-0.39, 0.29) is 19.6 Å². The third kappa shape index (κ3) is 6.17. The van der Waals surface area contributed by atoms with Crippen molar-refractivity contribution >= 4 is 0 Å². The van der Waals surface area contributed by atoms with Crippen LogP contribution >= 0.6 is 0 Å². The fourth-order valence-electron chi connectivity index (χ4n) is 0.922. The Labute approximate surface area is 81.4 Å². The molecule has 0 fully saturated rings. The predicted octanol–water partition coefficient (Wildman–Crippen LogP) is 1.32. The second-order valence-electron chi connectivity index (χ2n) is 2.82. The van der Waals surface area contributed by atoms with Crippen LogP contribution in [-0.2, 0) is 9.47 Å². The average Bonchev–Trinajstić information content (AvgIpc) is 2.08. The molecule has 14 heavy (non-hydrogen) atoms. The largest absolute Gasteiger partial charge is 0.414 e. The van der Waals surface area contributed by atoms with Gasteiger partial charge in [0.1, 0.15) is 0 Å². The highest BCUT2D eigenvalue weighted by atomic mass is 19.4. The van der Waals surface area contributed by atoms with Crippen LogP contribution in [0.3, 0.4) is 0 Å². The topological polar surface area (TPSA) is 44.5 Å². The van der Waals surface area contributed by atoms with Crippen molar-refractivity contribution in [2.75, 3.05) is 26.9 Å². The number of alkyl halides is 3. The van der Waals surface area contributed by atoms with Crippen molar-refractivity contribution in [2.45, 2.75) is 25.1 Å². The summed E-state index contributed by atoms with van der Waals surface area (Å²) < 4.78 is 46.0. The molecule has 0 radical (unpaired) electrons. The second-order valence-corrected chi connectivity index (χ2v) is 2.82. The predicted molar refractivity (Wildman–Crippen MR) is 46.0 cm³/mol. The molecule has 86 valence electrons. The summed E-state index contributed by atoms with van der Waals surface area (Å²) in [6, 6.07) is 0. The van der Waals surface area contributed by atoms with Crippen molar-refractivity contribution < 1.29 is 22.6 Å². The molecule has 0 aliphatic rings. The Morgan fingerprint density at radius 1 is 1.29 bits per heavy atom. The summed E-state index contributed by atoms with van der Waals surface area (Å²) in [6.45, 7) is 0.402. The first-order chi connectivity index (χ1) is 6.52. The minimum absolute atomic E-state index is 0.0333. The van der Waals surface area contributed by atoms with Gasteiger partial charge in [-0.25, -0.2) is 0 Å². The number of nitrogens with two attached hydrogens (primary N) is 1. The van der Waals surface area contributed by atoms with Gasteiger partial charge in [-0.1, -0.05) is 0 Å². The van der Waals surface area contributed by atoms with E-state index in [1.807, 2.05) is 0 Å². The molecule has 2 N–H and O–H groups in total. The summed E-state index contributed by atoms with van der Waals surface area (Å²) in [5.41, 5.74) is 5.05. The van der Waals surface area contributed by atoms with Crippen molar-refractivity contribution in [1.29, 1.82) is 0 Å². The normalized spacial score (nSPS) is 14.4. The Kier molecular flexibility index (Phi) is 6.86. The number of halogens is 3. The number of hydrogen-bond donors (Lipinski definition) is 1. The first-order valence-electron chi connectivity index (χ1n) is 4.39. The second kappa shape index (κ2) is 7.03. The maximum atomic E-state index is 12.2. The molecule has 0 aliphatic heterocycles. The smallest absolute Gasteiger partial charge is 0.385 e. The van der Waals surface area contributed by atoms with Gasteiger partial charge >= 0.3 is 6.18 Å². The summed E-state index contributed by atoms with van der Waals surface area (Å²) in [5.74, 6) is 0. The monoisotopic (exact) mass is 215 g/mol. The third-order valence-corrected chi connectivity index (χ3v) is 1.61. The van der Waals surface area contributed by atoms with E-state index in [2.05, 4.69) is 9.47 Å². The molecule has 0 aromatic rings. The molecular formula is C8H16F3NO2. The molecule has 0 rings (SSSR count). The fourth-order valence-corrected chi connectivity index (χ4v) is 0.922. The van der Waals surface area contributed by atoms with Crippen LogP contribution in [0.5, 0.6) is 0 Å². The first kappa shape index (κ1) is 13.7. The minimum Gasteiger partial charge on any atom is -0.385 e. The van der Waals surface area contributed by atoms with Crippen LogP contribution in [0.1, 0.15) is 12.8 Å². The van der Waals surface area contributed by atoms with Gasteiger partial charge in [-0.05, 0) is 19.4 Å². The van der Waals surface area contributed by atoms with E-state index in [9.17, 15) is 13.2 Å². The Balaban J connectivity index is 3.74. The zero-order chi connectivity index (χ0) is 11.0. The van der Waals surface area contributed by atoms with Crippen LogP contribution in [0.2, 0.25) is 0 Å². The highest BCUT2D eigenvalue weighted by Gasteiger charge is 2.39. The Hall–Kier alpha value is -0.330. The van der Waals surface area contributed by atoms with Gasteiger partial charge in [0.05, 0.1) is 0 Å². The quantitative estimate of drug-likeness (QED) is 0.651. The van der Waals surface area contributed by atoms with Crippen molar-refractivity contribution in [1.82, 2.24) is 0 Å². The zero-order valence-electron chi connectivity index (χ0n) is 8.14. The maximum Gasteiger partial charge on any atom is 0.414 e. The van der Waals surface area contributed by atoms with Crippen LogP contribution in [0, 0.1) is 0 Å². The Morgan fingerprint density at radius 2 is 1.93 bits per heavy atom. The van der Waals surface area contributed by atoms with Gasteiger partial charge in [-0.2, -0.15) is 13.2 Å². The first-order valence-corrected chi connectivity index (χ1v) is 4.39. The van der Waals surface area contributed by atoms with Crippen LogP contribution in [-0.4, -0.2) is 39.1 Å². The molecule has 0 saturated carbocycles. The van der Waals surface area contributed by atoms with E-state index in [1.54, 1.807) is 0 Å². The van der Waals surface area contributed by atoms with Gasteiger partial charge in [-0.15, -0.1) is 0 Å². The molecule has 0 aromatic heterocycles. The van der Waals surface area contributed by atoms with Crippen LogP contribution < -0.4 is 5.73 Å². The standard InChI is InChI=1S/C8H16F3NO2/c1-13-5-2-6-14-7(3-4-12)8(9,10)11/h7H,2-6,12H2,1H3. The van der Waals surface area contributed by atoms with E-state index in [0.29, 0.717) is 13.0 Å². The lowest BCUT2D eigenvalue weighted by Gasteiger charge is -2.19. The lowest BCUT2D eigenvalue weighted by atomic mass is 10.2. The summed E-state index contributed by atoms with van der Waals surface area (Å²) >= 11 is 0. The SMILES string of the molecule is COCCCOC(CCN)C(F)(F)F. The molecule has 0 bridgehead atoms. The molecule has 0 aliphatic carbocycles. The number of hydrogen-bond acceptors (Lipinski definition) is 3. The lowest BCUT2D eigenvalue weighted by Crippen LogP contribution is -2.34. The van der Waals surface area contributed by atoms with Crippen LogP contribution in [0.25, 0.3) is 0 Å². The Bertz CT molecular complexity index is 141. The highest BCUT2D eigenvalue weighted by molar-refractivity contribution is 4.67. The maximum absolute atomic E-state index is 12.2. The van der Waals surface area contributed by atoms with E-state index in [0.717, 1.165) is 0 Å².